The fraction of sp³-hybridized carbons (Fsp3) is 0.500. The van der Waals surface area contributed by atoms with Crippen molar-refractivity contribution in [2.75, 3.05) is 17.3 Å². The van der Waals surface area contributed by atoms with Gasteiger partial charge in [0.25, 0.3) is 0 Å². The summed E-state index contributed by atoms with van der Waals surface area (Å²) in [5.74, 6) is 1.52. The third kappa shape index (κ3) is 6.51. The summed E-state index contributed by atoms with van der Waals surface area (Å²) in [6, 6.07) is 11.5. The van der Waals surface area contributed by atoms with Crippen LogP contribution in [-0.4, -0.2) is 44.3 Å². The van der Waals surface area contributed by atoms with Crippen LogP contribution < -0.4 is 15.0 Å². The van der Waals surface area contributed by atoms with Crippen molar-refractivity contribution in [3.05, 3.63) is 36.4 Å². The lowest BCUT2D eigenvalue weighted by atomic mass is 9.86. The summed E-state index contributed by atoms with van der Waals surface area (Å²) in [5, 5.41) is 17.8. The van der Waals surface area contributed by atoms with Crippen LogP contribution in [0.15, 0.2) is 36.4 Å². The first-order chi connectivity index (χ1) is 13.9. The third-order valence-corrected chi connectivity index (χ3v) is 10.7. The summed E-state index contributed by atoms with van der Waals surface area (Å²) in [5.41, 5.74) is 0.750. The number of benzene rings is 2. The number of thioether (sulfide) groups is 1. The molecule has 0 bridgehead atoms. The molecule has 2 aromatic carbocycles. The van der Waals surface area contributed by atoms with E-state index in [-0.39, 0.29) is 10.9 Å². The fourth-order valence-electron chi connectivity index (χ4n) is 2.91. The molecular weight excluding hydrogens is 411 g/mol. The molecule has 0 unspecified atom stereocenters. The zero-order valence-electron chi connectivity index (χ0n) is 19.2. The van der Waals surface area contributed by atoms with Crippen LogP contribution in [-0.2, 0) is 4.79 Å². The van der Waals surface area contributed by atoms with E-state index in [9.17, 15) is 9.82 Å². The van der Waals surface area contributed by atoms with Crippen molar-refractivity contribution in [3.63, 3.8) is 0 Å². The van der Waals surface area contributed by atoms with Crippen molar-refractivity contribution in [3.8, 4) is 5.75 Å². The van der Waals surface area contributed by atoms with Gasteiger partial charge in [0, 0.05) is 11.1 Å². The van der Waals surface area contributed by atoms with Crippen molar-refractivity contribution in [1.29, 1.82) is 0 Å². The van der Waals surface area contributed by atoms with Crippen LogP contribution in [0, 0.1) is 0 Å². The molecule has 0 aliphatic carbocycles. The summed E-state index contributed by atoms with van der Waals surface area (Å²) in [6.07, 6.45) is 2.65. The highest BCUT2D eigenvalue weighted by Gasteiger charge is 2.39. The molecule has 0 saturated heterocycles. The third-order valence-electron chi connectivity index (χ3n) is 5.66. The average molecular weight is 446 g/mol. The van der Waals surface area contributed by atoms with Crippen LogP contribution in [0.3, 0.4) is 0 Å². The molecule has 2 aromatic rings. The molecule has 0 radical (unpaired) electrons. The second kappa shape index (κ2) is 10.2. The van der Waals surface area contributed by atoms with Gasteiger partial charge in [-0.15, -0.1) is 0 Å². The molecule has 3 N–H and O–H groups in total. The molecule has 0 aliphatic heterocycles. The van der Waals surface area contributed by atoms with Crippen LogP contribution in [0.4, 0.5) is 5.69 Å². The van der Waals surface area contributed by atoms with Crippen LogP contribution in [0.2, 0.25) is 25.0 Å². The standard InChI is InChI=1S/C22H35BN2O3SSi/c1-22(2,3)30(6,7)28-17-12-11-16-9-8-10-19(18(16)15-17)24-21(26)20(13-14-29-5)25-23(4)27/h8-12,15,20,25,27H,13-14H2,1-7H3,(H,24,26)/t20-/m1/s1. The number of nitrogens with one attached hydrogen (secondary N) is 2. The monoisotopic (exact) mass is 446 g/mol. The van der Waals surface area contributed by atoms with E-state index < -0.39 is 21.4 Å². The van der Waals surface area contributed by atoms with Gasteiger partial charge in [-0.3, -0.25) is 4.79 Å². The Balaban J connectivity index is 2.31. The Morgan fingerprint density at radius 1 is 1.27 bits per heavy atom. The van der Waals surface area contributed by atoms with Crippen molar-refractivity contribution < 1.29 is 14.2 Å². The quantitative estimate of drug-likeness (QED) is 0.474. The smallest absolute Gasteiger partial charge is 0.374 e. The maximum absolute atomic E-state index is 12.9. The first-order valence-corrected chi connectivity index (χ1v) is 14.7. The van der Waals surface area contributed by atoms with E-state index in [1.807, 2.05) is 42.7 Å². The first kappa shape index (κ1) is 24.8. The molecule has 0 aliphatic rings. The SMILES string of the molecule is CSCC[C@@H](NB(C)O)C(=O)Nc1cccc2ccc(O[Si](C)(C)C(C)(C)C)cc12. The molecule has 1 atom stereocenters. The van der Waals surface area contributed by atoms with Crippen molar-refractivity contribution in [1.82, 2.24) is 5.23 Å². The minimum Gasteiger partial charge on any atom is -0.543 e. The number of amides is 1. The minimum absolute atomic E-state index is 0.104. The Hall–Kier alpha value is -1.48. The van der Waals surface area contributed by atoms with Gasteiger partial charge in [-0.2, -0.15) is 11.8 Å². The Kier molecular flexibility index (Phi) is 8.44. The van der Waals surface area contributed by atoms with Gasteiger partial charge in [0.05, 0.1) is 6.04 Å². The van der Waals surface area contributed by atoms with E-state index in [1.165, 1.54) is 0 Å². The number of hydrogen-bond acceptors (Lipinski definition) is 5. The number of hydrogen-bond donors (Lipinski definition) is 3. The van der Waals surface area contributed by atoms with Crippen molar-refractivity contribution in [2.45, 2.75) is 58.2 Å². The van der Waals surface area contributed by atoms with Gasteiger partial charge in [0.2, 0.25) is 14.2 Å². The lowest BCUT2D eigenvalue weighted by Gasteiger charge is -2.36. The average Bonchev–Trinajstić information content (AvgIpc) is 2.64. The molecule has 5 nitrogen and oxygen atoms in total. The maximum Gasteiger partial charge on any atom is 0.374 e. The van der Waals surface area contributed by atoms with Gasteiger partial charge >= 0.3 is 7.05 Å². The molecule has 0 aromatic heterocycles. The number of carbonyl (C=O) groups excluding carboxylic acids is 1. The predicted molar refractivity (Wildman–Crippen MR) is 134 cm³/mol. The fourth-order valence-corrected chi connectivity index (χ4v) is 4.40. The highest BCUT2D eigenvalue weighted by Crippen LogP contribution is 2.38. The molecule has 0 saturated carbocycles. The van der Waals surface area contributed by atoms with Gasteiger partial charge in [-0.25, -0.2) is 0 Å². The van der Waals surface area contributed by atoms with E-state index in [2.05, 4.69) is 44.4 Å². The van der Waals surface area contributed by atoms with Gasteiger partial charge in [0.15, 0.2) is 0 Å². The minimum atomic E-state index is -1.96. The summed E-state index contributed by atoms with van der Waals surface area (Å²) in [7, 11) is -2.71. The largest absolute Gasteiger partial charge is 0.543 e. The van der Waals surface area contributed by atoms with Gasteiger partial charge < -0.3 is 20.0 Å². The van der Waals surface area contributed by atoms with Gasteiger partial charge in [0.1, 0.15) is 5.75 Å². The number of fused-ring (bicyclic) bond motifs is 1. The van der Waals surface area contributed by atoms with E-state index in [4.69, 9.17) is 4.43 Å². The summed E-state index contributed by atoms with van der Waals surface area (Å²) < 4.78 is 6.47. The van der Waals surface area contributed by atoms with E-state index in [1.54, 1.807) is 18.6 Å². The Labute approximate surface area is 186 Å². The second-order valence-electron chi connectivity index (χ2n) is 9.22. The number of rotatable bonds is 9. The van der Waals surface area contributed by atoms with Crippen LogP contribution in [0.25, 0.3) is 10.8 Å². The molecule has 0 spiro atoms. The zero-order valence-corrected chi connectivity index (χ0v) is 21.0. The lowest BCUT2D eigenvalue weighted by molar-refractivity contribution is -0.117. The normalized spacial score (nSPS) is 13.2. The molecular formula is C22H35BN2O3SSi. The van der Waals surface area contributed by atoms with Gasteiger partial charge in [-0.05, 0) is 67.0 Å². The molecule has 2 rings (SSSR count). The molecule has 0 heterocycles. The second-order valence-corrected chi connectivity index (χ2v) is 14.9. The first-order valence-electron chi connectivity index (χ1n) is 10.4. The van der Waals surface area contributed by atoms with Gasteiger partial charge in [-0.1, -0.05) is 39.0 Å². The van der Waals surface area contributed by atoms with Crippen LogP contribution in [0.1, 0.15) is 27.2 Å². The molecule has 0 fully saturated rings. The van der Waals surface area contributed by atoms with Crippen molar-refractivity contribution in [2.24, 2.45) is 0 Å². The predicted octanol–water partition coefficient (Wildman–Crippen LogP) is 4.98. The highest BCUT2D eigenvalue weighted by atomic mass is 32.2. The summed E-state index contributed by atoms with van der Waals surface area (Å²) in [6.45, 7) is 12.7. The zero-order chi connectivity index (χ0) is 22.5. The van der Waals surface area contributed by atoms with Crippen LogP contribution in [0.5, 0.6) is 5.75 Å². The summed E-state index contributed by atoms with van der Waals surface area (Å²) in [4.78, 5) is 12.9. The van der Waals surface area contributed by atoms with Crippen LogP contribution >= 0.6 is 11.8 Å². The highest BCUT2D eigenvalue weighted by molar-refractivity contribution is 7.98. The number of carbonyl (C=O) groups is 1. The Morgan fingerprint density at radius 2 is 1.97 bits per heavy atom. The molecule has 164 valence electrons. The number of anilines is 1. The lowest BCUT2D eigenvalue weighted by Crippen LogP contribution is -2.47. The van der Waals surface area contributed by atoms with E-state index >= 15 is 0 Å². The van der Waals surface area contributed by atoms with E-state index in [0.717, 1.165) is 28.0 Å². The van der Waals surface area contributed by atoms with Crippen molar-refractivity contribution >= 4 is 49.5 Å². The molecule has 1 amide bonds. The Morgan fingerprint density at radius 3 is 2.57 bits per heavy atom. The molecule has 30 heavy (non-hydrogen) atoms. The maximum atomic E-state index is 12.9. The molecule has 8 heteroatoms. The van der Waals surface area contributed by atoms with E-state index in [0.29, 0.717) is 6.42 Å². The Bertz CT molecular complexity index is 871. The topological polar surface area (TPSA) is 70.6 Å². The summed E-state index contributed by atoms with van der Waals surface area (Å²) >= 11 is 1.68.